The maximum Gasteiger partial charge on any atom is 0.335 e. The van der Waals surface area contributed by atoms with Gasteiger partial charge in [-0.05, 0) is 72.7 Å². The van der Waals surface area contributed by atoms with Crippen molar-refractivity contribution in [1.29, 1.82) is 0 Å². The van der Waals surface area contributed by atoms with E-state index in [0.29, 0.717) is 21.3 Å². The van der Waals surface area contributed by atoms with Gasteiger partial charge in [0.15, 0.2) is 12.4 Å². The highest BCUT2D eigenvalue weighted by Gasteiger charge is 2.37. The summed E-state index contributed by atoms with van der Waals surface area (Å²) in [4.78, 5) is 51.3. The van der Waals surface area contributed by atoms with E-state index in [-0.39, 0.29) is 39.2 Å². The van der Waals surface area contributed by atoms with Crippen molar-refractivity contribution >= 4 is 87.6 Å². The topological polar surface area (TPSA) is 105 Å². The average molecular weight is 593 g/mol. The number of barbiturate groups is 1. The number of rotatable bonds is 6. The van der Waals surface area contributed by atoms with Gasteiger partial charge in [-0.3, -0.25) is 19.7 Å². The van der Waals surface area contributed by atoms with Crippen LogP contribution in [0.1, 0.15) is 11.1 Å². The third kappa shape index (κ3) is 6.11. The molecule has 0 saturated carbocycles. The lowest BCUT2D eigenvalue weighted by molar-refractivity contribution is -0.122. The number of benzene rings is 3. The van der Waals surface area contributed by atoms with Crippen molar-refractivity contribution in [2.24, 2.45) is 0 Å². The molecule has 0 aliphatic carbocycles. The van der Waals surface area contributed by atoms with Gasteiger partial charge in [-0.25, -0.2) is 9.69 Å². The van der Waals surface area contributed by atoms with Crippen LogP contribution in [0.3, 0.4) is 0 Å². The summed E-state index contributed by atoms with van der Waals surface area (Å²) in [5, 5.41) is 5.69. The molecule has 12 heteroatoms. The third-order valence-corrected chi connectivity index (χ3v) is 6.37. The number of anilines is 2. The Morgan fingerprint density at radius 2 is 1.58 bits per heavy atom. The highest BCUT2D eigenvalue weighted by atomic mass is 35.5. The molecule has 0 aromatic heterocycles. The highest BCUT2D eigenvalue weighted by molar-refractivity contribution is 6.40. The number of aryl methyl sites for hydroxylation is 1. The first-order valence-corrected chi connectivity index (χ1v) is 12.4. The number of hydrogen-bond donors (Lipinski definition) is 2. The fourth-order valence-electron chi connectivity index (χ4n) is 3.54. The van der Waals surface area contributed by atoms with Gasteiger partial charge in [0, 0.05) is 15.7 Å². The van der Waals surface area contributed by atoms with Crippen molar-refractivity contribution in [2.75, 3.05) is 16.8 Å². The molecular weight excluding hydrogens is 576 g/mol. The Labute approximate surface area is 237 Å². The molecular formula is C26H17Cl4N3O5. The van der Waals surface area contributed by atoms with Gasteiger partial charge < -0.3 is 10.1 Å². The van der Waals surface area contributed by atoms with Crippen molar-refractivity contribution in [3.05, 3.63) is 91.4 Å². The van der Waals surface area contributed by atoms with Crippen molar-refractivity contribution in [3.63, 3.8) is 0 Å². The Morgan fingerprint density at radius 1 is 0.947 bits per heavy atom. The zero-order valence-electron chi connectivity index (χ0n) is 19.5. The zero-order valence-corrected chi connectivity index (χ0v) is 22.5. The average Bonchev–Trinajstić information content (AvgIpc) is 2.84. The summed E-state index contributed by atoms with van der Waals surface area (Å²) < 4.78 is 5.49. The van der Waals surface area contributed by atoms with E-state index in [4.69, 9.17) is 51.1 Å². The lowest BCUT2D eigenvalue weighted by Gasteiger charge is -2.27. The number of nitrogens with zero attached hydrogens (tertiary/aromatic N) is 1. The second kappa shape index (κ2) is 11.4. The van der Waals surface area contributed by atoms with Crippen LogP contribution >= 0.6 is 46.4 Å². The van der Waals surface area contributed by atoms with E-state index in [9.17, 15) is 19.2 Å². The lowest BCUT2D eigenvalue weighted by atomic mass is 10.1. The maximum atomic E-state index is 13.2. The molecule has 1 saturated heterocycles. The van der Waals surface area contributed by atoms with Crippen LogP contribution < -0.4 is 20.3 Å². The Bertz CT molecular complexity index is 1480. The molecule has 1 aliphatic heterocycles. The molecule has 3 aromatic rings. The molecule has 0 unspecified atom stereocenters. The van der Waals surface area contributed by atoms with Crippen molar-refractivity contribution in [1.82, 2.24) is 5.32 Å². The largest absolute Gasteiger partial charge is 0.481 e. The summed E-state index contributed by atoms with van der Waals surface area (Å²) in [6, 6.07) is 13.1. The summed E-state index contributed by atoms with van der Waals surface area (Å²) in [7, 11) is 0. The van der Waals surface area contributed by atoms with Gasteiger partial charge in [-0.2, -0.15) is 0 Å². The number of hydrogen-bond acceptors (Lipinski definition) is 5. The zero-order chi connectivity index (χ0) is 27.6. The highest BCUT2D eigenvalue weighted by Crippen LogP contribution is 2.35. The van der Waals surface area contributed by atoms with Gasteiger partial charge in [0.25, 0.3) is 17.7 Å². The first kappa shape index (κ1) is 27.5. The third-order valence-electron chi connectivity index (χ3n) is 5.32. The normalized spacial score (nSPS) is 14.5. The van der Waals surface area contributed by atoms with Crippen LogP contribution in [0.15, 0.2) is 60.2 Å². The smallest absolute Gasteiger partial charge is 0.335 e. The van der Waals surface area contributed by atoms with E-state index in [0.717, 1.165) is 4.90 Å². The quantitative estimate of drug-likeness (QED) is 0.258. The molecule has 1 aliphatic rings. The summed E-state index contributed by atoms with van der Waals surface area (Å²) in [5.74, 6) is -2.17. The fraction of sp³-hybridized carbons (Fsp3) is 0.0769. The Morgan fingerprint density at radius 3 is 2.24 bits per heavy atom. The van der Waals surface area contributed by atoms with Crippen LogP contribution in [0.4, 0.5) is 16.2 Å². The molecule has 5 amide bonds. The molecule has 2 N–H and O–H groups in total. The first-order valence-electron chi connectivity index (χ1n) is 10.9. The van der Waals surface area contributed by atoms with E-state index in [1.165, 1.54) is 24.3 Å². The molecule has 3 aromatic carbocycles. The van der Waals surface area contributed by atoms with Gasteiger partial charge in [0.1, 0.15) is 5.57 Å². The van der Waals surface area contributed by atoms with E-state index in [1.54, 1.807) is 43.3 Å². The predicted octanol–water partition coefficient (Wildman–Crippen LogP) is 6.29. The number of carbonyl (C=O) groups excluding carboxylic acids is 4. The van der Waals surface area contributed by atoms with Gasteiger partial charge in [0.05, 0.1) is 15.7 Å². The van der Waals surface area contributed by atoms with Crippen molar-refractivity contribution in [3.8, 4) is 5.75 Å². The number of halogens is 4. The Kier molecular flexibility index (Phi) is 8.28. The summed E-state index contributed by atoms with van der Waals surface area (Å²) in [5.41, 5.74) is 1.31. The minimum Gasteiger partial charge on any atom is -0.481 e. The van der Waals surface area contributed by atoms with Crippen LogP contribution in [-0.2, 0) is 14.4 Å². The molecule has 0 atom stereocenters. The van der Waals surface area contributed by atoms with Gasteiger partial charge in [-0.15, -0.1) is 0 Å². The molecule has 194 valence electrons. The number of carbonyl (C=O) groups is 4. The minimum atomic E-state index is -0.904. The van der Waals surface area contributed by atoms with Gasteiger partial charge in [0.2, 0.25) is 0 Å². The molecule has 0 bridgehead atoms. The summed E-state index contributed by atoms with van der Waals surface area (Å²) >= 11 is 24.5. The van der Waals surface area contributed by atoms with E-state index < -0.39 is 23.8 Å². The van der Waals surface area contributed by atoms with Crippen LogP contribution in [0, 0.1) is 6.92 Å². The van der Waals surface area contributed by atoms with Crippen LogP contribution in [-0.4, -0.2) is 30.4 Å². The first-order chi connectivity index (χ1) is 18.0. The van der Waals surface area contributed by atoms with E-state index >= 15 is 0 Å². The fourth-order valence-corrected chi connectivity index (χ4v) is 4.44. The van der Waals surface area contributed by atoms with Gasteiger partial charge in [-0.1, -0.05) is 52.5 Å². The Balaban J connectivity index is 1.54. The molecule has 4 rings (SSSR count). The second-order valence-corrected chi connectivity index (χ2v) is 9.73. The second-order valence-electron chi connectivity index (χ2n) is 8.05. The van der Waals surface area contributed by atoms with Gasteiger partial charge >= 0.3 is 6.03 Å². The molecule has 38 heavy (non-hydrogen) atoms. The van der Waals surface area contributed by atoms with Crippen LogP contribution in [0.2, 0.25) is 20.1 Å². The number of ether oxygens (including phenoxy) is 1. The SMILES string of the molecule is Cc1ccc(Cl)cc1N1C(=O)NC(=O)/C(=C\c2cc(Cl)c(OCC(=O)Nc3ccc(Cl)cc3)c(Cl)c2)C1=O. The molecule has 8 nitrogen and oxygen atoms in total. The number of imide groups is 2. The van der Waals surface area contributed by atoms with E-state index in [1.807, 2.05) is 0 Å². The standard InChI is InChI=1S/C26H17Cl4N3O5/c1-13-2-3-16(28)11-21(13)33-25(36)18(24(35)32-26(33)37)8-14-9-19(29)23(20(30)10-14)38-12-22(34)31-17-6-4-15(27)5-7-17/h2-11H,12H2,1H3,(H,31,34)(H,32,35,37)/b18-8+. The number of nitrogens with one attached hydrogen (secondary N) is 2. The van der Waals surface area contributed by atoms with Crippen LogP contribution in [0.25, 0.3) is 6.08 Å². The molecule has 1 fully saturated rings. The maximum absolute atomic E-state index is 13.2. The summed E-state index contributed by atoms with van der Waals surface area (Å²) in [6.45, 7) is 1.31. The predicted molar refractivity (Wildman–Crippen MR) is 147 cm³/mol. The van der Waals surface area contributed by atoms with Crippen LogP contribution in [0.5, 0.6) is 5.75 Å². The lowest BCUT2D eigenvalue weighted by Crippen LogP contribution is -2.54. The van der Waals surface area contributed by atoms with Crippen molar-refractivity contribution < 1.29 is 23.9 Å². The minimum absolute atomic E-state index is 0.0333. The number of amides is 5. The monoisotopic (exact) mass is 591 g/mol. The Hall–Kier alpha value is -3.56. The van der Waals surface area contributed by atoms with Crippen molar-refractivity contribution in [2.45, 2.75) is 6.92 Å². The molecule has 1 heterocycles. The number of urea groups is 1. The molecule has 0 spiro atoms. The molecule has 0 radical (unpaired) electrons. The summed E-state index contributed by atoms with van der Waals surface area (Å²) in [6.07, 6.45) is 1.24. The van der Waals surface area contributed by atoms with E-state index in [2.05, 4.69) is 10.6 Å².